The lowest BCUT2D eigenvalue weighted by Gasteiger charge is -2.10. The molecule has 178 valence electrons. The second-order valence-electron chi connectivity index (χ2n) is 6.93. The second kappa shape index (κ2) is 11.8. The summed E-state index contributed by atoms with van der Waals surface area (Å²) in [6.45, 7) is 3.62. The van der Waals surface area contributed by atoms with Gasteiger partial charge in [0.1, 0.15) is 28.7 Å². The van der Waals surface area contributed by atoms with E-state index in [1.165, 1.54) is 0 Å². The fourth-order valence-corrected chi connectivity index (χ4v) is 4.59. The van der Waals surface area contributed by atoms with Crippen molar-refractivity contribution in [1.29, 1.82) is 0 Å². The zero-order valence-electron chi connectivity index (χ0n) is 18.2. The predicted octanol–water partition coefficient (Wildman–Crippen LogP) is 7.02. The van der Waals surface area contributed by atoms with Crippen molar-refractivity contribution in [3.8, 4) is 5.75 Å². The largest absolute Gasteiger partial charge is 0.506 e. The minimum atomic E-state index is -0.749. The molecule has 34 heavy (non-hydrogen) atoms. The van der Waals surface area contributed by atoms with Gasteiger partial charge in [0.05, 0.1) is 16.5 Å². The molecule has 2 aromatic rings. The summed E-state index contributed by atoms with van der Waals surface area (Å²) >= 11 is 19.5. The van der Waals surface area contributed by atoms with Crippen LogP contribution >= 0.6 is 46.6 Å². The molecule has 0 unspecified atom stereocenters. The van der Waals surface area contributed by atoms with Gasteiger partial charge in [0.25, 0.3) is 0 Å². The van der Waals surface area contributed by atoms with Crippen molar-refractivity contribution in [3.05, 3.63) is 78.8 Å². The van der Waals surface area contributed by atoms with E-state index in [0.29, 0.717) is 31.3 Å². The molecule has 2 aromatic carbocycles. The maximum Gasteiger partial charge on any atom is 0.344 e. The van der Waals surface area contributed by atoms with Crippen LogP contribution in [0.3, 0.4) is 0 Å². The number of benzene rings is 2. The number of halogens is 3. The molecule has 0 atom stereocenters. The number of carbonyl (C=O) groups excluding carboxylic acids is 2. The number of ether oxygens (including phenoxy) is 2. The summed E-state index contributed by atoms with van der Waals surface area (Å²) < 4.78 is 10.8. The quantitative estimate of drug-likeness (QED) is 0.380. The summed E-state index contributed by atoms with van der Waals surface area (Å²) in [6.07, 6.45) is 1.79. The van der Waals surface area contributed by atoms with Crippen LogP contribution in [-0.4, -0.2) is 28.6 Å². The van der Waals surface area contributed by atoms with Gasteiger partial charge in [-0.1, -0.05) is 65.6 Å². The molecular formula is C24H20Cl3NO5S. The maximum absolute atomic E-state index is 12.3. The third-order valence-corrected chi connectivity index (χ3v) is 6.45. The van der Waals surface area contributed by atoms with Gasteiger partial charge in [-0.25, -0.2) is 9.79 Å². The van der Waals surface area contributed by atoms with Crippen LogP contribution in [-0.2, 0) is 20.9 Å². The summed E-state index contributed by atoms with van der Waals surface area (Å²) in [5.74, 6) is -1.03. The monoisotopic (exact) mass is 539 g/mol. The van der Waals surface area contributed by atoms with Gasteiger partial charge in [0, 0.05) is 22.0 Å². The Hall–Kier alpha value is -2.45. The lowest BCUT2D eigenvalue weighted by Crippen LogP contribution is -2.14. The Morgan fingerprint density at radius 2 is 1.85 bits per heavy atom. The first-order chi connectivity index (χ1) is 16.2. The highest BCUT2D eigenvalue weighted by Crippen LogP contribution is 2.40. The van der Waals surface area contributed by atoms with E-state index < -0.39 is 11.9 Å². The first kappa shape index (κ1) is 26.2. The molecule has 10 heteroatoms. The minimum Gasteiger partial charge on any atom is -0.506 e. The summed E-state index contributed by atoms with van der Waals surface area (Å²) in [5, 5.41) is 12.1. The molecule has 1 heterocycles. The molecule has 0 radical (unpaired) electrons. The van der Waals surface area contributed by atoms with Crippen LogP contribution in [0.5, 0.6) is 5.75 Å². The molecule has 0 fully saturated rings. The molecule has 3 rings (SSSR count). The molecular weight excluding hydrogens is 521 g/mol. The molecule has 6 nitrogen and oxygen atoms in total. The first-order valence-electron chi connectivity index (χ1n) is 10.2. The van der Waals surface area contributed by atoms with E-state index in [4.69, 9.17) is 44.3 Å². The molecule has 0 aliphatic carbocycles. The number of aliphatic hydroxyl groups excluding tert-OH is 1. The fourth-order valence-electron chi connectivity index (χ4n) is 2.85. The summed E-state index contributed by atoms with van der Waals surface area (Å²) in [6, 6.07) is 10.2. The Balaban J connectivity index is 1.84. The number of aliphatic hydroxyl groups is 1. The van der Waals surface area contributed by atoms with Crippen LogP contribution in [0.2, 0.25) is 15.1 Å². The van der Waals surface area contributed by atoms with Crippen molar-refractivity contribution in [1.82, 2.24) is 0 Å². The normalized spacial score (nSPS) is 15.8. The first-order valence-corrected chi connectivity index (χ1v) is 12.2. The Kier molecular flexibility index (Phi) is 9.08. The number of nitrogens with zero attached hydrogens (tertiary/aromatic N) is 1. The van der Waals surface area contributed by atoms with Crippen LogP contribution in [0, 0.1) is 0 Å². The number of carbonyl (C=O) groups is 2. The molecule has 1 N–H and O–H groups in total. The smallest absolute Gasteiger partial charge is 0.344 e. The molecule has 1 amide bonds. The van der Waals surface area contributed by atoms with E-state index in [9.17, 15) is 14.7 Å². The Labute approximate surface area is 216 Å². The Morgan fingerprint density at radius 1 is 1.09 bits per heavy atom. The van der Waals surface area contributed by atoms with Crippen LogP contribution in [0.4, 0.5) is 0 Å². The lowest BCUT2D eigenvalue weighted by molar-refractivity contribution is -0.138. The fraction of sp³-hybridized carbons (Fsp3) is 0.208. The van der Waals surface area contributed by atoms with Gasteiger partial charge in [0.2, 0.25) is 5.91 Å². The lowest BCUT2D eigenvalue weighted by atomic mass is 10.1. The van der Waals surface area contributed by atoms with Gasteiger partial charge >= 0.3 is 5.97 Å². The highest BCUT2D eigenvalue weighted by atomic mass is 35.5. The van der Waals surface area contributed by atoms with E-state index in [2.05, 4.69) is 4.99 Å². The minimum absolute atomic E-state index is 0.0972. The zero-order chi connectivity index (χ0) is 24.8. The van der Waals surface area contributed by atoms with Gasteiger partial charge in [-0.2, -0.15) is 0 Å². The second-order valence-corrected chi connectivity index (χ2v) is 9.21. The molecule has 0 saturated heterocycles. The van der Waals surface area contributed by atoms with Gasteiger partial charge in [-0.3, -0.25) is 4.79 Å². The molecule has 0 saturated carbocycles. The highest BCUT2D eigenvalue weighted by molar-refractivity contribution is 8.18. The number of aliphatic imine (C=N–C) groups is 1. The number of amides is 1. The Bertz CT molecular complexity index is 1220. The SMILES string of the molecule is CCOC(=O)C1=C(O)/C(=C/c2ccc(OCc3ccc(Cl)cc3Cl)c(Cl)c2)SC1=NC(=O)CC. The van der Waals surface area contributed by atoms with Crippen molar-refractivity contribution in [3.63, 3.8) is 0 Å². The summed E-state index contributed by atoms with van der Waals surface area (Å²) in [7, 11) is 0. The van der Waals surface area contributed by atoms with E-state index in [0.717, 1.165) is 17.3 Å². The van der Waals surface area contributed by atoms with Crippen molar-refractivity contribution in [2.45, 2.75) is 26.9 Å². The van der Waals surface area contributed by atoms with Crippen LogP contribution in [0.15, 0.2) is 57.6 Å². The Morgan fingerprint density at radius 3 is 2.50 bits per heavy atom. The number of hydrogen-bond acceptors (Lipinski definition) is 6. The van der Waals surface area contributed by atoms with Crippen molar-refractivity contribution < 1.29 is 24.2 Å². The van der Waals surface area contributed by atoms with E-state index in [1.807, 2.05) is 0 Å². The highest BCUT2D eigenvalue weighted by Gasteiger charge is 2.33. The van der Waals surface area contributed by atoms with E-state index in [-0.39, 0.29) is 36.0 Å². The number of rotatable bonds is 7. The van der Waals surface area contributed by atoms with Crippen molar-refractivity contribution in [2.24, 2.45) is 4.99 Å². The van der Waals surface area contributed by atoms with Crippen molar-refractivity contribution >= 4 is 69.6 Å². The zero-order valence-corrected chi connectivity index (χ0v) is 21.3. The van der Waals surface area contributed by atoms with E-state index in [1.54, 1.807) is 56.3 Å². The van der Waals surface area contributed by atoms with Gasteiger partial charge < -0.3 is 14.6 Å². The van der Waals surface area contributed by atoms with Gasteiger partial charge in [0.15, 0.2) is 0 Å². The number of thioether (sulfide) groups is 1. The molecule has 0 spiro atoms. The predicted molar refractivity (Wildman–Crippen MR) is 137 cm³/mol. The number of esters is 1. The van der Waals surface area contributed by atoms with E-state index >= 15 is 0 Å². The summed E-state index contributed by atoms with van der Waals surface area (Å²) in [5.41, 5.74) is 1.26. The number of hydrogen-bond donors (Lipinski definition) is 1. The average Bonchev–Trinajstić information content (AvgIpc) is 3.08. The van der Waals surface area contributed by atoms with Crippen LogP contribution in [0.1, 0.15) is 31.4 Å². The third kappa shape index (κ3) is 6.36. The molecule has 1 aliphatic rings. The van der Waals surface area contributed by atoms with Gasteiger partial charge in [-0.15, -0.1) is 0 Å². The maximum atomic E-state index is 12.3. The molecule has 1 aliphatic heterocycles. The standard InChI is InChI=1S/C24H20Cl3NO5S/c1-3-20(29)28-23-21(24(31)32-4-2)22(30)19(34-23)10-13-5-8-18(17(27)9-13)33-12-14-6-7-15(25)11-16(14)26/h5-11,30H,3-4,12H2,1-2H3/b19-10-,28-23?. The van der Waals surface area contributed by atoms with Gasteiger partial charge in [-0.05, 0) is 42.8 Å². The average molecular weight is 541 g/mol. The summed E-state index contributed by atoms with van der Waals surface area (Å²) in [4.78, 5) is 28.4. The molecule has 0 bridgehead atoms. The van der Waals surface area contributed by atoms with Crippen molar-refractivity contribution in [2.75, 3.05) is 6.61 Å². The third-order valence-electron chi connectivity index (χ3n) is 4.55. The topological polar surface area (TPSA) is 85.2 Å². The molecule has 0 aromatic heterocycles. The van der Waals surface area contributed by atoms with Crippen LogP contribution < -0.4 is 4.74 Å². The van der Waals surface area contributed by atoms with Crippen LogP contribution in [0.25, 0.3) is 6.08 Å².